The molecule has 156 valence electrons. The molecule has 0 aromatic carbocycles. The van der Waals surface area contributed by atoms with Crippen LogP contribution in [0.3, 0.4) is 0 Å². The number of nitrogens with zero attached hydrogens (tertiary/aromatic N) is 5. The highest BCUT2D eigenvalue weighted by Gasteiger charge is 2.31. The molecular formula is C19H17F3N6O2. The lowest BCUT2D eigenvalue weighted by Crippen LogP contribution is -2.36. The Morgan fingerprint density at radius 3 is 2.60 bits per heavy atom. The number of pyridine rings is 2. The third-order valence-corrected chi connectivity index (χ3v) is 4.19. The Morgan fingerprint density at radius 2 is 1.87 bits per heavy atom. The van der Waals surface area contributed by atoms with Crippen LogP contribution >= 0.6 is 0 Å². The van der Waals surface area contributed by atoms with Crippen molar-refractivity contribution in [2.24, 2.45) is 0 Å². The van der Waals surface area contributed by atoms with Crippen molar-refractivity contribution in [2.45, 2.75) is 6.36 Å². The lowest BCUT2D eigenvalue weighted by molar-refractivity contribution is -0.274. The summed E-state index contributed by atoms with van der Waals surface area (Å²) in [4.78, 5) is 19.3. The molecule has 0 amide bonds. The highest BCUT2D eigenvalue weighted by molar-refractivity contribution is 5.64. The van der Waals surface area contributed by atoms with E-state index in [-0.39, 0.29) is 11.6 Å². The van der Waals surface area contributed by atoms with Crippen LogP contribution in [-0.2, 0) is 4.74 Å². The predicted octanol–water partition coefficient (Wildman–Crippen LogP) is 3.41. The number of ether oxygens (including phenoxy) is 2. The molecule has 0 radical (unpaired) electrons. The van der Waals surface area contributed by atoms with Crippen LogP contribution in [0.15, 0.2) is 48.9 Å². The summed E-state index contributed by atoms with van der Waals surface area (Å²) in [6, 6.07) is 7.58. The van der Waals surface area contributed by atoms with E-state index in [0.29, 0.717) is 49.3 Å². The zero-order valence-corrected chi connectivity index (χ0v) is 15.6. The molecular weight excluding hydrogens is 401 g/mol. The fourth-order valence-corrected chi connectivity index (χ4v) is 2.88. The first-order chi connectivity index (χ1) is 14.5. The average Bonchev–Trinajstić information content (AvgIpc) is 2.74. The van der Waals surface area contributed by atoms with Gasteiger partial charge in [-0.2, -0.15) is 0 Å². The van der Waals surface area contributed by atoms with Crippen LogP contribution in [0.5, 0.6) is 5.75 Å². The van der Waals surface area contributed by atoms with Gasteiger partial charge in [0.25, 0.3) is 0 Å². The van der Waals surface area contributed by atoms with Gasteiger partial charge in [0.2, 0.25) is 0 Å². The van der Waals surface area contributed by atoms with Crippen molar-refractivity contribution in [2.75, 3.05) is 36.5 Å². The van der Waals surface area contributed by atoms with E-state index in [1.165, 1.54) is 6.20 Å². The highest BCUT2D eigenvalue weighted by Crippen LogP contribution is 2.27. The van der Waals surface area contributed by atoms with Gasteiger partial charge in [-0.15, -0.1) is 13.2 Å². The van der Waals surface area contributed by atoms with Crippen molar-refractivity contribution in [1.29, 1.82) is 0 Å². The Morgan fingerprint density at radius 1 is 1.03 bits per heavy atom. The van der Waals surface area contributed by atoms with Crippen molar-refractivity contribution in [1.82, 2.24) is 19.9 Å². The van der Waals surface area contributed by atoms with Gasteiger partial charge < -0.3 is 19.7 Å². The lowest BCUT2D eigenvalue weighted by atomic mass is 10.2. The second-order valence-electron chi connectivity index (χ2n) is 6.33. The van der Waals surface area contributed by atoms with E-state index in [4.69, 9.17) is 4.74 Å². The molecule has 0 unspecified atom stereocenters. The molecule has 1 aliphatic heterocycles. The minimum absolute atomic E-state index is 0.153. The van der Waals surface area contributed by atoms with Gasteiger partial charge in [-0.05, 0) is 18.2 Å². The summed E-state index contributed by atoms with van der Waals surface area (Å²) in [5, 5.41) is 2.93. The van der Waals surface area contributed by atoms with Gasteiger partial charge in [-0.3, -0.25) is 4.98 Å². The quantitative estimate of drug-likeness (QED) is 0.675. The normalized spacial score (nSPS) is 14.4. The fourth-order valence-electron chi connectivity index (χ4n) is 2.88. The maximum Gasteiger partial charge on any atom is 0.573 e. The van der Waals surface area contributed by atoms with E-state index in [1.54, 1.807) is 24.5 Å². The zero-order chi connectivity index (χ0) is 21.0. The number of anilines is 3. The van der Waals surface area contributed by atoms with Gasteiger partial charge in [0.15, 0.2) is 5.82 Å². The predicted molar refractivity (Wildman–Crippen MR) is 102 cm³/mol. The van der Waals surface area contributed by atoms with E-state index in [1.807, 2.05) is 11.0 Å². The van der Waals surface area contributed by atoms with Gasteiger partial charge in [0, 0.05) is 49.4 Å². The summed E-state index contributed by atoms with van der Waals surface area (Å²) in [5.74, 6) is 1.24. The summed E-state index contributed by atoms with van der Waals surface area (Å²) in [7, 11) is 0. The summed E-state index contributed by atoms with van der Waals surface area (Å²) in [5.41, 5.74) is 0.706. The average molecular weight is 418 g/mol. The molecule has 0 bridgehead atoms. The molecule has 4 rings (SSSR count). The molecule has 30 heavy (non-hydrogen) atoms. The number of halogens is 3. The molecule has 0 spiro atoms. The molecule has 1 saturated heterocycles. The van der Waals surface area contributed by atoms with Gasteiger partial charge in [0.05, 0.1) is 13.2 Å². The lowest BCUT2D eigenvalue weighted by Gasteiger charge is -2.28. The standard InChI is InChI=1S/C19H17F3N6O2/c20-19(21,22)30-14-3-5-24-15(10-14)25-16-11-17(28-6-8-29-9-7-28)27-18(26-16)13-2-1-4-23-12-13/h1-5,10-12H,6-9H2,(H,24,25,26,27). The number of alkyl halides is 3. The number of morpholine rings is 1. The SMILES string of the molecule is FC(F)(F)Oc1ccnc(Nc2cc(N3CCOCC3)nc(-c3cccnc3)n2)c1. The molecule has 3 aromatic rings. The van der Waals surface area contributed by atoms with Gasteiger partial charge in [0.1, 0.15) is 23.2 Å². The van der Waals surface area contributed by atoms with E-state index in [2.05, 4.69) is 30.0 Å². The molecule has 11 heteroatoms. The summed E-state index contributed by atoms with van der Waals surface area (Å²) >= 11 is 0. The minimum atomic E-state index is -4.79. The smallest absolute Gasteiger partial charge is 0.406 e. The maximum atomic E-state index is 12.5. The monoisotopic (exact) mass is 418 g/mol. The Bertz CT molecular complexity index is 997. The maximum absolute atomic E-state index is 12.5. The van der Waals surface area contributed by atoms with Crippen LogP contribution in [0.4, 0.5) is 30.6 Å². The van der Waals surface area contributed by atoms with Crippen LogP contribution in [-0.4, -0.2) is 52.6 Å². The van der Waals surface area contributed by atoms with Gasteiger partial charge in [-0.25, -0.2) is 15.0 Å². The van der Waals surface area contributed by atoms with E-state index in [0.717, 1.165) is 12.1 Å². The first-order valence-corrected chi connectivity index (χ1v) is 9.07. The van der Waals surface area contributed by atoms with Gasteiger partial charge in [-0.1, -0.05) is 0 Å². The molecule has 0 atom stereocenters. The van der Waals surface area contributed by atoms with Crippen molar-refractivity contribution in [3.05, 3.63) is 48.9 Å². The summed E-state index contributed by atoms with van der Waals surface area (Å²) < 4.78 is 46.8. The van der Waals surface area contributed by atoms with Crippen molar-refractivity contribution >= 4 is 17.5 Å². The van der Waals surface area contributed by atoms with Crippen molar-refractivity contribution in [3.63, 3.8) is 0 Å². The van der Waals surface area contributed by atoms with E-state index in [9.17, 15) is 13.2 Å². The largest absolute Gasteiger partial charge is 0.573 e. The minimum Gasteiger partial charge on any atom is -0.406 e. The van der Waals surface area contributed by atoms with Crippen molar-refractivity contribution < 1.29 is 22.6 Å². The first-order valence-electron chi connectivity index (χ1n) is 9.07. The number of rotatable bonds is 5. The number of hydrogen-bond donors (Lipinski definition) is 1. The highest BCUT2D eigenvalue weighted by atomic mass is 19.4. The molecule has 1 aliphatic rings. The van der Waals surface area contributed by atoms with Crippen LogP contribution in [0, 0.1) is 0 Å². The molecule has 0 saturated carbocycles. The Balaban J connectivity index is 1.66. The third kappa shape index (κ3) is 5.11. The molecule has 0 aliphatic carbocycles. The third-order valence-electron chi connectivity index (χ3n) is 4.19. The zero-order valence-electron chi connectivity index (χ0n) is 15.6. The molecule has 3 aromatic heterocycles. The molecule has 1 fully saturated rings. The van der Waals surface area contributed by atoms with Crippen LogP contribution < -0.4 is 15.0 Å². The van der Waals surface area contributed by atoms with Crippen LogP contribution in [0.2, 0.25) is 0 Å². The second kappa shape index (κ2) is 8.49. The Hall–Kier alpha value is -3.47. The molecule has 1 N–H and O–H groups in total. The number of hydrogen-bond acceptors (Lipinski definition) is 8. The first kappa shape index (κ1) is 19.8. The number of aromatic nitrogens is 4. The van der Waals surface area contributed by atoms with E-state index >= 15 is 0 Å². The number of nitrogens with one attached hydrogen (secondary N) is 1. The summed E-state index contributed by atoms with van der Waals surface area (Å²) in [6.45, 7) is 2.48. The topological polar surface area (TPSA) is 85.3 Å². The fraction of sp³-hybridized carbons (Fsp3) is 0.263. The van der Waals surface area contributed by atoms with Crippen LogP contribution in [0.25, 0.3) is 11.4 Å². The second-order valence-corrected chi connectivity index (χ2v) is 6.33. The van der Waals surface area contributed by atoms with Gasteiger partial charge >= 0.3 is 6.36 Å². The Labute approximate surface area is 169 Å². The molecule has 8 nitrogen and oxygen atoms in total. The van der Waals surface area contributed by atoms with E-state index < -0.39 is 6.36 Å². The Kier molecular flexibility index (Phi) is 5.61. The summed E-state index contributed by atoms with van der Waals surface area (Å²) in [6.07, 6.45) is -0.289. The molecule has 4 heterocycles. The van der Waals surface area contributed by atoms with Crippen LogP contribution in [0.1, 0.15) is 0 Å². The van der Waals surface area contributed by atoms with Crippen molar-refractivity contribution in [3.8, 4) is 17.1 Å².